The number of pyridine rings is 1. The third kappa shape index (κ3) is 2.98. The molecule has 0 radical (unpaired) electrons. The monoisotopic (exact) mass is 314 g/mol. The molecule has 0 aliphatic rings. The molecule has 2 aromatic heterocycles. The second-order valence-corrected chi connectivity index (χ2v) is 5.03. The van der Waals surface area contributed by atoms with E-state index in [2.05, 4.69) is 31.3 Å². The number of nitrogens with one attached hydrogen (secondary N) is 1. The van der Waals surface area contributed by atoms with Crippen LogP contribution in [0.2, 0.25) is 5.15 Å². The van der Waals surface area contributed by atoms with Gasteiger partial charge >= 0.3 is 0 Å². The summed E-state index contributed by atoms with van der Waals surface area (Å²) in [6.45, 7) is 2.66. The smallest absolute Gasteiger partial charge is 0.152 e. The summed E-state index contributed by atoms with van der Waals surface area (Å²) in [6, 6.07) is 1.90. The van der Waals surface area contributed by atoms with Gasteiger partial charge in [0.1, 0.15) is 0 Å². The first-order valence-electron chi connectivity index (χ1n) is 5.10. The number of rotatable bonds is 3. The molecule has 0 unspecified atom stereocenters. The van der Waals surface area contributed by atoms with Crippen molar-refractivity contribution in [1.82, 2.24) is 14.8 Å². The zero-order chi connectivity index (χ0) is 12.4. The molecule has 2 aromatic rings. The minimum Gasteiger partial charge on any atom is -0.378 e. The van der Waals surface area contributed by atoms with E-state index in [9.17, 15) is 0 Å². The van der Waals surface area contributed by atoms with E-state index in [4.69, 9.17) is 11.6 Å². The van der Waals surface area contributed by atoms with Crippen LogP contribution in [0.25, 0.3) is 0 Å². The second-order valence-electron chi connectivity index (χ2n) is 3.76. The van der Waals surface area contributed by atoms with Crippen molar-refractivity contribution in [3.8, 4) is 0 Å². The first-order valence-corrected chi connectivity index (χ1v) is 6.27. The van der Waals surface area contributed by atoms with E-state index >= 15 is 0 Å². The number of hydrogen-bond acceptors (Lipinski definition) is 3. The molecule has 4 nitrogen and oxygen atoms in total. The fourth-order valence-electron chi connectivity index (χ4n) is 1.56. The average molecular weight is 316 g/mol. The molecule has 0 spiro atoms. The molecule has 0 saturated carbocycles. The number of anilines is 1. The van der Waals surface area contributed by atoms with E-state index in [-0.39, 0.29) is 0 Å². The Bertz CT molecular complexity index is 538. The molecule has 0 saturated heterocycles. The lowest BCUT2D eigenvalue weighted by Gasteiger charge is -2.07. The Morgan fingerprint density at radius 1 is 1.53 bits per heavy atom. The normalized spacial score (nSPS) is 10.6. The fraction of sp³-hybridized carbons (Fsp3) is 0.273. The van der Waals surface area contributed by atoms with Gasteiger partial charge in [-0.25, -0.2) is 4.98 Å². The van der Waals surface area contributed by atoms with Gasteiger partial charge < -0.3 is 5.32 Å². The Morgan fingerprint density at radius 3 is 2.94 bits per heavy atom. The van der Waals surface area contributed by atoms with Crippen LogP contribution in [-0.4, -0.2) is 14.8 Å². The summed E-state index contributed by atoms with van der Waals surface area (Å²) >= 11 is 9.36. The van der Waals surface area contributed by atoms with Crippen molar-refractivity contribution in [2.75, 3.05) is 5.32 Å². The van der Waals surface area contributed by atoms with Crippen LogP contribution in [0.5, 0.6) is 0 Å². The maximum absolute atomic E-state index is 5.99. The number of aromatic nitrogens is 3. The average Bonchev–Trinajstić information content (AvgIpc) is 2.59. The fourth-order valence-corrected chi connectivity index (χ4v) is 2.06. The van der Waals surface area contributed by atoms with Gasteiger partial charge in [-0.2, -0.15) is 5.10 Å². The van der Waals surface area contributed by atoms with Gasteiger partial charge in [-0.15, -0.1) is 0 Å². The molecule has 90 valence electrons. The Hall–Kier alpha value is -1.07. The van der Waals surface area contributed by atoms with E-state index in [1.807, 2.05) is 26.2 Å². The molecular formula is C11H12BrClN4. The van der Waals surface area contributed by atoms with Crippen LogP contribution in [0.15, 0.2) is 22.9 Å². The largest absolute Gasteiger partial charge is 0.378 e. The summed E-state index contributed by atoms with van der Waals surface area (Å²) < 4.78 is 2.69. The van der Waals surface area contributed by atoms with Crippen LogP contribution in [0, 0.1) is 6.92 Å². The van der Waals surface area contributed by atoms with E-state index in [0.29, 0.717) is 11.7 Å². The van der Waals surface area contributed by atoms with E-state index in [1.54, 1.807) is 10.9 Å². The van der Waals surface area contributed by atoms with Gasteiger partial charge in [-0.1, -0.05) is 11.6 Å². The highest BCUT2D eigenvalue weighted by Gasteiger charge is 2.05. The van der Waals surface area contributed by atoms with Gasteiger partial charge in [0.05, 0.1) is 11.4 Å². The Kier molecular flexibility index (Phi) is 3.69. The van der Waals surface area contributed by atoms with Crippen LogP contribution in [-0.2, 0) is 13.6 Å². The Labute approximate surface area is 113 Å². The summed E-state index contributed by atoms with van der Waals surface area (Å²) in [5.74, 6) is 0. The SMILES string of the molecule is Cc1nn(C)cc1CNc1cc(Br)cnc1Cl. The van der Waals surface area contributed by atoms with Crippen molar-refractivity contribution < 1.29 is 0 Å². The highest BCUT2D eigenvalue weighted by molar-refractivity contribution is 9.10. The van der Waals surface area contributed by atoms with Crippen molar-refractivity contribution in [3.63, 3.8) is 0 Å². The Balaban J connectivity index is 2.12. The topological polar surface area (TPSA) is 42.7 Å². The predicted molar refractivity (Wildman–Crippen MR) is 72.2 cm³/mol. The lowest BCUT2D eigenvalue weighted by molar-refractivity contribution is 0.756. The molecule has 17 heavy (non-hydrogen) atoms. The van der Waals surface area contributed by atoms with Crippen LogP contribution in [0.1, 0.15) is 11.3 Å². The predicted octanol–water partition coefficient (Wildman–Crippen LogP) is 3.15. The van der Waals surface area contributed by atoms with Crippen LogP contribution in [0.4, 0.5) is 5.69 Å². The highest BCUT2D eigenvalue weighted by Crippen LogP contribution is 2.23. The van der Waals surface area contributed by atoms with Gasteiger partial charge in [0.25, 0.3) is 0 Å². The molecular weight excluding hydrogens is 304 g/mol. The zero-order valence-corrected chi connectivity index (χ0v) is 11.9. The molecule has 1 N–H and O–H groups in total. The third-order valence-corrected chi connectivity index (χ3v) is 3.12. The van der Waals surface area contributed by atoms with Gasteiger partial charge in [-0.05, 0) is 28.9 Å². The van der Waals surface area contributed by atoms with Crippen LogP contribution >= 0.6 is 27.5 Å². The molecule has 0 bridgehead atoms. The zero-order valence-electron chi connectivity index (χ0n) is 9.54. The number of nitrogens with zero attached hydrogens (tertiary/aromatic N) is 3. The standard InChI is InChI=1S/C11H12BrClN4/c1-7-8(6-17(2)16-7)4-14-10-3-9(12)5-15-11(10)13/h3,5-6,14H,4H2,1-2H3. The summed E-state index contributed by atoms with van der Waals surface area (Å²) in [5.41, 5.74) is 2.96. The third-order valence-electron chi connectivity index (χ3n) is 2.39. The van der Waals surface area contributed by atoms with Crippen molar-refractivity contribution in [2.24, 2.45) is 7.05 Å². The molecule has 0 aliphatic carbocycles. The minimum absolute atomic E-state index is 0.467. The van der Waals surface area contributed by atoms with Gasteiger partial charge in [0.2, 0.25) is 0 Å². The number of halogens is 2. The van der Waals surface area contributed by atoms with Gasteiger partial charge in [0, 0.05) is 36.0 Å². The van der Waals surface area contributed by atoms with Crippen molar-refractivity contribution in [3.05, 3.63) is 39.3 Å². The van der Waals surface area contributed by atoms with Crippen molar-refractivity contribution in [1.29, 1.82) is 0 Å². The summed E-state index contributed by atoms with van der Waals surface area (Å²) in [6.07, 6.45) is 3.66. The molecule has 0 fully saturated rings. The molecule has 0 amide bonds. The summed E-state index contributed by atoms with van der Waals surface area (Å²) in [5, 5.41) is 8.00. The molecule has 0 atom stereocenters. The maximum Gasteiger partial charge on any atom is 0.152 e. The van der Waals surface area contributed by atoms with E-state index < -0.39 is 0 Å². The summed E-state index contributed by atoms with van der Waals surface area (Å²) in [7, 11) is 1.91. The van der Waals surface area contributed by atoms with E-state index in [0.717, 1.165) is 21.4 Å². The van der Waals surface area contributed by atoms with Crippen molar-refractivity contribution in [2.45, 2.75) is 13.5 Å². The number of hydrogen-bond donors (Lipinski definition) is 1. The Morgan fingerprint density at radius 2 is 2.29 bits per heavy atom. The lowest BCUT2D eigenvalue weighted by atomic mass is 10.2. The van der Waals surface area contributed by atoms with E-state index in [1.165, 1.54) is 0 Å². The maximum atomic E-state index is 5.99. The van der Waals surface area contributed by atoms with Crippen LogP contribution < -0.4 is 5.32 Å². The second kappa shape index (κ2) is 5.06. The first-order chi connectivity index (χ1) is 8.06. The van der Waals surface area contributed by atoms with Crippen LogP contribution in [0.3, 0.4) is 0 Å². The molecule has 6 heteroatoms. The first kappa shape index (κ1) is 12.4. The molecule has 2 rings (SSSR count). The molecule has 0 aliphatic heterocycles. The molecule has 2 heterocycles. The summed E-state index contributed by atoms with van der Waals surface area (Å²) in [4.78, 5) is 4.05. The minimum atomic E-state index is 0.467. The molecule has 0 aromatic carbocycles. The number of aryl methyl sites for hydroxylation is 2. The van der Waals surface area contributed by atoms with Gasteiger partial charge in [-0.3, -0.25) is 4.68 Å². The lowest BCUT2D eigenvalue weighted by Crippen LogP contribution is -2.01. The highest BCUT2D eigenvalue weighted by atomic mass is 79.9. The van der Waals surface area contributed by atoms with Gasteiger partial charge in [0.15, 0.2) is 5.15 Å². The quantitative estimate of drug-likeness (QED) is 0.885. The van der Waals surface area contributed by atoms with Crippen molar-refractivity contribution >= 4 is 33.2 Å².